The number of nitro benzene ring substituents is 1. The van der Waals surface area contributed by atoms with Gasteiger partial charge in [-0.05, 0) is 47.5 Å². The standard InChI is InChI=1S/C12H15BrN2O2S/c1-8-5-11(10(13)6-12(8)15(16)17)14-7-9-3-2-4-18-9/h5-6,9,14H,2-4,7H2,1H3. The third-order valence-corrected chi connectivity index (χ3v) is 5.08. The molecule has 1 fully saturated rings. The van der Waals surface area contributed by atoms with Gasteiger partial charge in [0.15, 0.2) is 0 Å². The molecule has 1 N–H and O–H groups in total. The largest absolute Gasteiger partial charge is 0.383 e. The lowest BCUT2D eigenvalue weighted by molar-refractivity contribution is -0.385. The Morgan fingerprint density at radius 2 is 2.39 bits per heavy atom. The number of hydrogen-bond acceptors (Lipinski definition) is 4. The second kappa shape index (κ2) is 5.93. The highest BCUT2D eigenvalue weighted by atomic mass is 79.9. The molecule has 1 aromatic carbocycles. The maximum absolute atomic E-state index is 10.8. The molecule has 1 aliphatic heterocycles. The monoisotopic (exact) mass is 330 g/mol. The predicted molar refractivity (Wildman–Crippen MR) is 79.5 cm³/mol. The van der Waals surface area contributed by atoms with E-state index >= 15 is 0 Å². The number of hydrogen-bond donors (Lipinski definition) is 1. The van der Waals surface area contributed by atoms with Crippen molar-refractivity contribution in [1.29, 1.82) is 0 Å². The van der Waals surface area contributed by atoms with Gasteiger partial charge >= 0.3 is 0 Å². The Balaban J connectivity index is 2.08. The SMILES string of the molecule is Cc1cc(NCC2CCCS2)c(Br)cc1[N+](=O)[O-]. The zero-order valence-electron chi connectivity index (χ0n) is 10.1. The molecule has 1 aromatic rings. The summed E-state index contributed by atoms with van der Waals surface area (Å²) < 4.78 is 0.753. The van der Waals surface area contributed by atoms with Crippen molar-refractivity contribution in [1.82, 2.24) is 0 Å². The highest BCUT2D eigenvalue weighted by Gasteiger charge is 2.17. The van der Waals surface area contributed by atoms with Gasteiger partial charge in [-0.3, -0.25) is 10.1 Å². The minimum atomic E-state index is -0.351. The van der Waals surface area contributed by atoms with Crippen LogP contribution in [-0.2, 0) is 0 Å². The molecular formula is C12H15BrN2O2S. The van der Waals surface area contributed by atoms with E-state index in [-0.39, 0.29) is 10.6 Å². The van der Waals surface area contributed by atoms with Gasteiger partial charge in [-0.25, -0.2) is 0 Å². The third-order valence-electron chi connectivity index (χ3n) is 3.03. The molecule has 0 bridgehead atoms. The zero-order valence-corrected chi connectivity index (χ0v) is 12.5. The van der Waals surface area contributed by atoms with Crippen LogP contribution in [-0.4, -0.2) is 22.5 Å². The Kier molecular flexibility index (Phi) is 4.50. The Hall–Kier alpha value is -0.750. The van der Waals surface area contributed by atoms with Gasteiger partial charge in [0, 0.05) is 33.6 Å². The first-order chi connectivity index (χ1) is 8.58. The molecule has 0 saturated carbocycles. The van der Waals surface area contributed by atoms with Crippen LogP contribution in [0, 0.1) is 17.0 Å². The molecule has 1 atom stereocenters. The lowest BCUT2D eigenvalue weighted by Crippen LogP contribution is -2.14. The summed E-state index contributed by atoms with van der Waals surface area (Å²) in [5.74, 6) is 1.24. The van der Waals surface area contributed by atoms with Crippen molar-refractivity contribution in [2.75, 3.05) is 17.6 Å². The van der Waals surface area contributed by atoms with Crippen molar-refractivity contribution in [3.05, 3.63) is 32.3 Å². The molecule has 0 spiro atoms. The van der Waals surface area contributed by atoms with Gasteiger partial charge in [-0.2, -0.15) is 11.8 Å². The predicted octanol–water partition coefficient (Wildman–Crippen LogP) is 3.97. The smallest absolute Gasteiger partial charge is 0.273 e. The average Bonchev–Trinajstić information content (AvgIpc) is 2.82. The molecule has 1 unspecified atom stereocenters. The van der Waals surface area contributed by atoms with Gasteiger partial charge in [0.1, 0.15) is 0 Å². The number of nitrogens with zero attached hydrogens (tertiary/aromatic N) is 1. The maximum atomic E-state index is 10.8. The summed E-state index contributed by atoms with van der Waals surface area (Å²) in [5, 5.41) is 14.8. The second-order valence-electron chi connectivity index (χ2n) is 4.39. The molecule has 98 valence electrons. The van der Waals surface area contributed by atoms with Gasteiger partial charge < -0.3 is 5.32 Å². The fraction of sp³-hybridized carbons (Fsp3) is 0.500. The van der Waals surface area contributed by atoms with E-state index in [2.05, 4.69) is 21.2 Å². The Morgan fingerprint density at radius 1 is 1.61 bits per heavy atom. The van der Waals surface area contributed by atoms with Crippen LogP contribution in [0.3, 0.4) is 0 Å². The number of benzene rings is 1. The molecule has 0 aromatic heterocycles. The van der Waals surface area contributed by atoms with E-state index in [4.69, 9.17) is 0 Å². The molecule has 0 radical (unpaired) electrons. The van der Waals surface area contributed by atoms with Gasteiger partial charge in [-0.1, -0.05) is 0 Å². The Bertz CT molecular complexity index is 462. The van der Waals surface area contributed by atoms with Crippen LogP contribution in [0.25, 0.3) is 0 Å². The summed E-state index contributed by atoms with van der Waals surface area (Å²) >= 11 is 5.38. The topological polar surface area (TPSA) is 55.2 Å². The summed E-state index contributed by atoms with van der Waals surface area (Å²) in [7, 11) is 0. The number of halogens is 1. The number of aryl methyl sites for hydroxylation is 1. The molecule has 2 rings (SSSR count). The van der Waals surface area contributed by atoms with Gasteiger partial charge in [0.25, 0.3) is 5.69 Å². The van der Waals surface area contributed by atoms with Crippen molar-refractivity contribution in [3.63, 3.8) is 0 Å². The van der Waals surface area contributed by atoms with Crippen LogP contribution < -0.4 is 5.32 Å². The average molecular weight is 331 g/mol. The zero-order chi connectivity index (χ0) is 13.1. The normalized spacial score (nSPS) is 18.9. The van der Waals surface area contributed by atoms with Crippen molar-refractivity contribution in [3.8, 4) is 0 Å². The maximum Gasteiger partial charge on any atom is 0.273 e. The third kappa shape index (κ3) is 3.17. The van der Waals surface area contributed by atoms with E-state index in [0.717, 1.165) is 16.7 Å². The van der Waals surface area contributed by atoms with E-state index in [9.17, 15) is 10.1 Å². The van der Waals surface area contributed by atoms with Crippen LogP contribution in [0.5, 0.6) is 0 Å². The van der Waals surface area contributed by atoms with Gasteiger partial charge in [0.2, 0.25) is 0 Å². The van der Waals surface area contributed by atoms with Gasteiger partial charge in [-0.15, -0.1) is 0 Å². The van der Waals surface area contributed by atoms with E-state index in [1.807, 2.05) is 17.8 Å². The van der Waals surface area contributed by atoms with Crippen LogP contribution >= 0.6 is 27.7 Å². The Labute approximate surface area is 119 Å². The van der Waals surface area contributed by atoms with Crippen molar-refractivity contribution in [2.24, 2.45) is 0 Å². The summed E-state index contributed by atoms with van der Waals surface area (Å²) in [4.78, 5) is 10.5. The van der Waals surface area contributed by atoms with Crippen LogP contribution in [0.15, 0.2) is 16.6 Å². The van der Waals surface area contributed by atoms with E-state index in [0.29, 0.717) is 10.8 Å². The molecule has 1 saturated heterocycles. The number of thioether (sulfide) groups is 1. The molecule has 6 heteroatoms. The van der Waals surface area contributed by atoms with Crippen LogP contribution in [0.2, 0.25) is 0 Å². The quantitative estimate of drug-likeness (QED) is 0.670. The molecule has 18 heavy (non-hydrogen) atoms. The molecule has 1 heterocycles. The fourth-order valence-corrected chi connectivity index (χ4v) is 3.70. The molecule has 4 nitrogen and oxygen atoms in total. The number of nitro groups is 1. The van der Waals surface area contributed by atoms with E-state index in [1.165, 1.54) is 18.6 Å². The highest BCUT2D eigenvalue weighted by molar-refractivity contribution is 9.10. The molecule has 0 amide bonds. The van der Waals surface area contributed by atoms with Crippen LogP contribution in [0.1, 0.15) is 18.4 Å². The van der Waals surface area contributed by atoms with Crippen LogP contribution in [0.4, 0.5) is 11.4 Å². The summed E-state index contributed by atoms with van der Waals surface area (Å²) in [6.45, 7) is 2.68. The lowest BCUT2D eigenvalue weighted by atomic mass is 10.1. The lowest BCUT2D eigenvalue weighted by Gasteiger charge is -2.13. The fourth-order valence-electron chi connectivity index (χ4n) is 2.03. The van der Waals surface area contributed by atoms with Crippen molar-refractivity contribution < 1.29 is 4.92 Å². The molecular weight excluding hydrogens is 316 g/mol. The second-order valence-corrected chi connectivity index (χ2v) is 6.65. The van der Waals surface area contributed by atoms with Gasteiger partial charge in [0.05, 0.1) is 4.92 Å². The number of anilines is 1. The first-order valence-electron chi connectivity index (χ1n) is 5.88. The molecule has 1 aliphatic rings. The minimum absolute atomic E-state index is 0.155. The Morgan fingerprint density at radius 3 is 3.00 bits per heavy atom. The minimum Gasteiger partial charge on any atom is -0.383 e. The highest BCUT2D eigenvalue weighted by Crippen LogP contribution is 2.32. The summed E-state index contributed by atoms with van der Waals surface area (Å²) in [6.07, 6.45) is 2.54. The van der Waals surface area contributed by atoms with Crippen molar-refractivity contribution >= 4 is 39.1 Å². The number of nitrogens with one attached hydrogen (secondary N) is 1. The first-order valence-corrected chi connectivity index (χ1v) is 7.72. The van der Waals surface area contributed by atoms with E-state index in [1.54, 1.807) is 13.0 Å². The summed E-state index contributed by atoms with van der Waals surface area (Å²) in [6, 6.07) is 3.40. The first kappa shape index (κ1) is 13.7. The summed E-state index contributed by atoms with van der Waals surface area (Å²) in [5.41, 5.74) is 1.78. The number of rotatable bonds is 4. The van der Waals surface area contributed by atoms with E-state index < -0.39 is 0 Å². The molecule has 0 aliphatic carbocycles. The van der Waals surface area contributed by atoms with Crippen molar-refractivity contribution in [2.45, 2.75) is 25.0 Å².